The van der Waals surface area contributed by atoms with Crippen molar-refractivity contribution in [2.24, 2.45) is 4.99 Å². The second-order valence-electron chi connectivity index (χ2n) is 2.02. The average Bonchev–Trinajstić information content (AvgIpc) is 2.42. The van der Waals surface area contributed by atoms with Gasteiger partial charge in [0.1, 0.15) is 0 Å². The van der Waals surface area contributed by atoms with Crippen LogP contribution in [0.4, 0.5) is 5.88 Å². The van der Waals surface area contributed by atoms with Crippen molar-refractivity contribution in [1.29, 1.82) is 0 Å². The van der Waals surface area contributed by atoms with Gasteiger partial charge in [0.05, 0.1) is 0 Å². The molecule has 0 aromatic carbocycles. The molecule has 0 bridgehead atoms. The van der Waals surface area contributed by atoms with E-state index in [0.717, 1.165) is 11.0 Å². The van der Waals surface area contributed by atoms with Crippen molar-refractivity contribution >= 4 is 23.6 Å². The summed E-state index contributed by atoms with van der Waals surface area (Å²) in [4.78, 5) is 6.56. The SMILES string of the molecule is C=Nc1cc2c[nH]cc2o1. The number of H-pyrrole nitrogens is 1. The molecule has 0 saturated carbocycles. The number of aromatic nitrogens is 1. The summed E-state index contributed by atoms with van der Waals surface area (Å²) in [6.07, 6.45) is 3.64. The monoisotopic (exact) mass is 134 g/mol. The number of aromatic amines is 1. The van der Waals surface area contributed by atoms with Crippen LogP contribution < -0.4 is 0 Å². The Kier molecular flexibility index (Phi) is 0.917. The summed E-state index contributed by atoms with van der Waals surface area (Å²) in [6.45, 7) is 3.35. The Hall–Kier alpha value is -1.51. The highest BCUT2D eigenvalue weighted by atomic mass is 16.3. The Bertz CT molecular complexity index is 330. The van der Waals surface area contributed by atoms with Crippen LogP contribution in [0.3, 0.4) is 0 Å². The largest absolute Gasteiger partial charge is 0.437 e. The van der Waals surface area contributed by atoms with Crippen LogP contribution in [0.25, 0.3) is 11.0 Å². The van der Waals surface area contributed by atoms with E-state index in [1.807, 2.05) is 12.3 Å². The third-order valence-corrected chi connectivity index (χ3v) is 1.39. The first-order valence-electron chi connectivity index (χ1n) is 2.93. The summed E-state index contributed by atoms with van der Waals surface area (Å²) in [7, 11) is 0. The van der Waals surface area contributed by atoms with Gasteiger partial charge in [-0.3, -0.25) is 0 Å². The van der Waals surface area contributed by atoms with Crippen LogP contribution in [-0.2, 0) is 0 Å². The first-order chi connectivity index (χ1) is 4.90. The smallest absolute Gasteiger partial charge is 0.219 e. The normalized spacial score (nSPS) is 10.4. The van der Waals surface area contributed by atoms with Crippen LogP contribution in [0.2, 0.25) is 0 Å². The molecule has 0 radical (unpaired) electrons. The molecule has 0 amide bonds. The van der Waals surface area contributed by atoms with Crippen molar-refractivity contribution in [1.82, 2.24) is 4.98 Å². The molecule has 0 spiro atoms. The topological polar surface area (TPSA) is 41.3 Å². The van der Waals surface area contributed by atoms with Gasteiger partial charge in [0, 0.05) is 23.8 Å². The van der Waals surface area contributed by atoms with Crippen LogP contribution in [0.5, 0.6) is 0 Å². The number of fused-ring (bicyclic) bond motifs is 1. The highest BCUT2D eigenvalue weighted by Crippen LogP contribution is 2.23. The van der Waals surface area contributed by atoms with E-state index in [2.05, 4.69) is 16.7 Å². The first-order valence-corrected chi connectivity index (χ1v) is 2.93. The third-order valence-electron chi connectivity index (χ3n) is 1.39. The van der Waals surface area contributed by atoms with Crippen molar-refractivity contribution < 1.29 is 4.42 Å². The van der Waals surface area contributed by atoms with Gasteiger partial charge in [-0.05, 0) is 6.72 Å². The quantitative estimate of drug-likeness (QED) is 0.596. The summed E-state index contributed by atoms with van der Waals surface area (Å²) in [6, 6.07) is 1.83. The molecule has 0 unspecified atom stereocenters. The molecule has 10 heavy (non-hydrogen) atoms. The van der Waals surface area contributed by atoms with Gasteiger partial charge < -0.3 is 9.40 Å². The van der Waals surface area contributed by atoms with E-state index < -0.39 is 0 Å². The minimum absolute atomic E-state index is 0.569. The Balaban J connectivity index is 2.78. The third kappa shape index (κ3) is 0.572. The molecular formula is C7H6N2O. The Morgan fingerprint density at radius 3 is 3.10 bits per heavy atom. The Labute approximate surface area is 57.4 Å². The molecule has 3 nitrogen and oxygen atoms in total. The number of hydrogen-bond donors (Lipinski definition) is 1. The molecule has 2 aromatic rings. The van der Waals surface area contributed by atoms with E-state index in [1.54, 1.807) is 6.20 Å². The summed E-state index contributed by atoms with van der Waals surface area (Å²) in [5.74, 6) is 0.569. The van der Waals surface area contributed by atoms with Crippen LogP contribution in [-0.4, -0.2) is 11.7 Å². The van der Waals surface area contributed by atoms with Crippen LogP contribution in [0.15, 0.2) is 27.9 Å². The molecule has 0 aliphatic carbocycles. The predicted octanol–water partition coefficient (Wildman–Crippen LogP) is 2.09. The van der Waals surface area contributed by atoms with E-state index in [1.165, 1.54) is 0 Å². The lowest BCUT2D eigenvalue weighted by Crippen LogP contribution is -1.49. The maximum atomic E-state index is 5.20. The Morgan fingerprint density at radius 2 is 2.40 bits per heavy atom. The molecule has 0 aliphatic rings. The number of nitrogens with zero attached hydrogens (tertiary/aromatic N) is 1. The lowest BCUT2D eigenvalue weighted by Gasteiger charge is -1.76. The maximum Gasteiger partial charge on any atom is 0.219 e. The fraction of sp³-hybridized carbons (Fsp3) is 0. The minimum Gasteiger partial charge on any atom is -0.437 e. The summed E-state index contributed by atoms with van der Waals surface area (Å²) >= 11 is 0. The maximum absolute atomic E-state index is 5.20. The molecule has 0 atom stereocenters. The molecule has 0 saturated heterocycles. The number of nitrogens with one attached hydrogen (secondary N) is 1. The van der Waals surface area contributed by atoms with Crippen molar-refractivity contribution in [2.45, 2.75) is 0 Å². The fourth-order valence-electron chi connectivity index (χ4n) is 0.916. The highest BCUT2D eigenvalue weighted by molar-refractivity contribution is 5.79. The predicted molar refractivity (Wildman–Crippen MR) is 39.8 cm³/mol. The van der Waals surface area contributed by atoms with E-state index >= 15 is 0 Å². The Morgan fingerprint density at radius 1 is 1.50 bits per heavy atom. The van der Waals surface area contributed by atoms with Gasteiger partial charge in [-0.1, -0.05) is 0 Å². The zero-order chi connectivity index (χ0) is 6.97. The summed E-state index contributed by atoms with van der Waals surface area (Å²) in [5.41, 5.74) is 0.822. The molecular weight excluding hydrogens is 128 g/mol. The van der Waals surface area contributed by atoms with Gasteiger partial charge in [0.2, 0.25) is 5.88 Å². The molecule has 0 fully saturated rings. The lowest BCUT2D eigenvalue weighted by atomic mass is 10.4. The molecule has 2 rings (SSSR count). The second kappa shape index (κ2) is 1.73. The van der Waals surface area contributed by atoms with Gasteiger partial charge in [-0.15, -0.1) is 0 Å². The summed E-state index contributed by atoms with van der Waals surface area (Å²) < 4.78 is 5.20. The number of hydrogen-bond acceptors (Lipinski definition) is 2. The number of furan rings is 1. The lowest BCUT2D eigenvalue weighted by molar-refractivity contribution is 0.626. The van der Waals surface area contributed by atoms with Crippen molar-refractivity contribution in [3.05, 3.63) is 18.5 Å². The van der Waals surface area contributed by atoms with E-state index in [9.17, 15) is 0 Å². The van der Waals surface area contributed by atoms with Crippen LogP contribution >= 0.6 is 0 Å². The first kappa shape index (κ1) is 5.29. The zero-order valence-electron chi connectivity index (χ0n) is 5.29. The van der Waals surface area contributed by atoms with Gasteiger partial charge in [0.15, 0.2) is 5.58 Å². The van der Waals surface area contributed by atoms with Gasteiger partial charge >= 0.3 is 0 Å². The zero-order valence-corrected chi connectivity index (χ0v) is 5.29. The molecule has 2 aromatic heterocycles. The highest BCUT2D eigenvalue weighted by Gasteiger charge is 1.99. The second-order valence-corrected chi connectivity index (χ2v) is 2.02. The molecule has 3 heteroatoms. The van der Waals surface area contributed by atoms with E-state index in [-0.39, 0.29) is 0 Å². The minimum atomic E-state index is 0.569. The van der Waals surface area contributed by atoms with Gasteiger partial charge in [0.25, 0.3) is 0 Å². The van der Waals surface area contributed by atoms with Gasteiger partial charge in [-0.25, -0.2) is 4.99 Å². The average molecular weight is 134 g/mol. The number of aliphatic imine (C=N–C) groups is 1. The van der Waals surface area contributed by atoms with Crippen molar-refractivity contribution in [2.75, 3.05) is 0 Å². The van der Waals surface area contributed by atoms with E-state index in [4.69, 9.17) is 4.42 Å². The van der Waals surface area contributed by atoms with E-state index in [0.29, 0.717) is 5.88 Å². The summed E-state index contributed by atoms with van der Waals surface area (Å²) in [5, 5.41) is 1.03. The van der Waals surface area contributed by atoms with Crippen molar-refractivity contribution in [3.63, 3.8) is 0 Å². The molecule has 2 heterocycles. The molecule has 50 valence electrons. The standard InChI is InChI=1S/C7H6N2O/c1-8-7-2-5-3-9-4-6(5)10-7/h2-4,9H,1H2. The van der Waals surface area contributed by atoms with Crippen LogP contribution in [0, 0.1) is 0 Å². The fourth-order valence-corrected chi connectivity index (χ4v) is 0.916. The number of rotatable bonds is 1. The van der Waals surface area contributed by atoms with Crippen molar-refractivity contribution in [3.8, 4) is 0 Å². The van der Waals surface area contributed by atoms with Gasteiger partial charge in [-0.2, -0.15) is 0 Å². The molecule has 1 N–H and O–H groups in total. The molecule has 0 aliphatic heterocycles. The van der Waals surface area contributed by atoms with Crippen LogP contribution in [0.1, 0.15) is 0 Å².